The van der Waals surface area contributed by atoms with Crippen molar-refractivity contribution in [1.29, 1.82) is 0 Å². The lowest BCUT2D eigenvalue weighted by Crippen LogP contribution is -2.40. The van der Waals surface area contributed by atoms with E-state index in [1.54, 1.807) is 50.8 Å². The minimum atomic E-state index is -0.812. The van der Waals surface area contributed by atoms with E-state index in [4.69, 9.17) is 18.9 Å². The quantitative estimate of drug-likeness (QED) is 0.302. The minimum absolute atomic E-state index is 0.184. The molecule has 1 aliphatic rings. The van der Waals surface area contributed by atoms with Gasteiger partial charge in [-0.2, -0.15) is 0 Å². The highest BCUT2D eigenvalue weighted by atomic mass is 79.9. The van der Waals surface area contributed by atoms with E-state index in [0.717, 1.165) is 24.3 Å². The lowest BCUT2D eigenvalue weighted by Gasteiger charge is -2.26. The third kappa shape index (κ3) is 5.78. The average Bonchev–Trinajstić information content (AvgIpc) is 3.27. The van der Waals surface area contributed by atoms with Crippen molar-refractivity contribution in [2.45, 2.75) is 33.7 Å². The zero-order valence-corrected chi connectivity index (χ0v) is 26.6. The highest BCUT2D eigenvalue weighted by Gasteiger charge is 2.35. The van der Waals surface area contributed by atoms with Crippen molar-refractivity contribution in [3.05, 3.63) is 76.9 Å². The third-order valence-corrected chi connectivity index (χ3v) is 8.62. The number of methoxy groups -OCH3 is 3. The molecule has 0 radical (unpaired) electrons. The third-order valence-electron chi connectivity index (χ3n) is 6.95. The van der Waals surface area contributed by atoms with Gasteiger partial charge in [-0.25, -0.2) is 9.79 Å². The van der Waals surface area contributed by atoms with Crippen LogP contribution >= 0.6 is 27.3 Å². The Morgan fingerprint density at radius 1 is 1.05 bits per heavy atom. The van der Waals surface area contributed by atoms with Crippen molar-refractivity contribution in [2.75, 3.05) is 45.9 Å². The molecule has 1 aliphatic heterocycles. The second-order valence-electron chi connectivity index (χ2n) is 9.13. The van der Waals surface area contributed by atoms with Gasteiger partial charge in [0.05, 0.1) is 49.8 Å². The summed E-state index contributed by atoms with van der Waals surface area (Å²) in [6.45, 7) is 9.61. The Morgan fingerprint density at radius 2 is 1.71 bits per heavy atom. The van der Waals surface area contributed by atoms with Crippen LogP contribution in [0.15, 0.2) is 55.9 Å². The molecule has 0 bridgehead atoms. The van der Waals surface area contributed by atoms with Crippen LogP contribution in [0.4, 0.5) is 5.69 Å². The molecule has 2 heterocycles. The first-order valence-corrected chi connectivity index (χ1v) is 14.9. The molecule has 41 heavy (non-hydrogen) atoms. The number of rotatable bonds is 10. The zero-order valence-electron chi connectivity index (χ0n) is 24.2. The highest BCUT2D eigenvalue weighted by molar-refractivity contribution is 9.10. The molecule has 1 atom stereocenters. The summed E-state index contributed by atoms with van der Waals surface area (Å²) >= 11 is 4.88. The zero-order chi connectivity index (χ0) is 29.8. The Bertz CT molecular complexity index is 1670. The molecule has 0 N–H and O–H groups in total. The molecular formula is C30H34BrN3O6S. The SMILES string of the molecule is CCOC(=O)C1=C(C)N=c2s/c(=C/c3ccc(N(CC)CC)cc3OC)c(=O)n2C1c1cc(OC)c(OC)cc1Br. The number of fused-ring (bicyclic) bond motifs is 1. The fourth-order valence-corrected chi connectivity index (χ4v) is 6.49. The standard InChI is InChI=1S/C30H34BrN3O6S/c1-8-33(9-2)19-12-11-18(22(14-19)37-5)13-25-28(35)34-27(20-15-23(38-6)24(39-7)16-21(20)31)26(29(36)40-10-3)17(4)32-30(34)41-25/h11-16,27H,8-10H2,1-7H3/b25-13+. The predicted molar refractivity (Wildman–Crippen MR) is 164 cm³/mol. The van der Waals surface area contributed by atoms with Gasteiger partial charge >= 0.3 is 5.97 Å². The summed E-state index contributed by atoms with van der Waals surface area (Å²) < 4.78 is 24.8. The maximum Gasteiger partial charge on any atom is 0.338 e. The van der Waals surface area contributed by atoms with Crippen molar-refractivity contribution in [3.63, 3.8) is 0 Å². The summed E-state index contributed by atoms with van der Waals surface area (Å²) in [5.74, 6) is 1.09. The van der Waals surface area contributed by atoms with E-state index >= 15 is 0 Å². The van der Waals surface area contributed by atoms with Crippen LogP contribution in [0.3, 0.4) is 0 Å². The Morgan fingerprint density at radius 3 is 2.32 bits per heavy atom. The molecule has 9 nitrogen and oxygen atoms in total. The fourth-order valence-electron chi connectivity index (χ4n) is 4.91. The van der Waals surface area contributed by atoms with Crippen molar-refractivity contribution >= 4 is 45.0 Å². The molecule has 0 fully saturated rings. The lowest BCUT2D eigenvalue weighted by molar-refractivity contribution is -0.139. The van der Waals surface area contributed by atoms with Gasteiger partial charge in [0.1, 0.15) is 5.75 Å². The number of carbonyl (C=O) groups is 1. The van der Waals surface area contributed by atoms with Gasteiger partial charge in [0.25, 0.3) is 5.56 Å². The number of nitrogens with zero attached hydrogens (tertiary/aromatic N) is 3. The number of halogens is 1. The number of carbonyl (C=O) groups excluding carboxylic acids is 1. The minimum Gasteiger partial charge on any atom is -0.496 e. The Labute approximate surface area is 251 Å². The molecule has 0 aliphatic carbocycles. The molecule has 0 saturated heterocycles. The van der Waals surface area contributed by atoms with Crippen molar-refractivity contribution in [3.8, 4) is 17.2 Å². The van der Waals surface area contributed by atoms with E-state index in [1.165, 1.54) is 18.4 Å². The van der Waals surface area contributed by atoms with Gasteiger partial charge in [0, 0.05) is 34.9 Å². The molecule has 1 unspecified atom stereocenters. The van der Waals surface area contributed by atoms with E-state index in [1.807, 2.05) is 18.2 Å². The van der Waals surface area contributed by atoms with Crippen LogP contribution in [0.1, 0.15) is 44.9 Å². The topological polar surface area (TPSA) is 91.6 Å². The second kappa shape index (κ2) is 12.9. The smallest absolute Gasteiger partial charge is 0.338 e. The van der Waals surface area contributed by atoms with Gasteiger partial charge in [-0.15, -0.1) is 0 Å². The van der Waals surface area contributed by atoms with Gasteiger partial charge in [0.15, 0.2) is 16.3 Å². The predicted octanol–water partition coefficient (Wildman–Crippen LogP) is 4.43. The number of aromatic nitrogens is 1. The van der Waals surface area contributed by atoms with Gasteiger partial charge < -0.3 is 23.8 Å². The molecule has 0 spiro atoms. The lowest BCUT2D eigenvalue weighted by atomic mass is 9.95. The number of hydrogen-bond acceptors (Lipinski definition) is 9. The number of allylic oxidation sites excluding steroid dienone is 1. The monoisotopic (exact) mass is 643 g/mol. The van der Waals surface area contributed by atoms with Crippen molar-refractivity contribution in [2.24, 2.45) is 4.99 Å². The van der Waals surface area contributed by atoms with E-state index in [9.17, 15) is 9.59 Å². The van der Waals surface area contributed by atoms with Gasteiger partial charge in [-0.1, -0.05) is 27.3 Å². The van der Waals surface area contributed by atoms with Crippen molar-refractivity contribution < 1.29 is 23.7 Å². The fraction of sp³-hybridized carbons (Fsp3) is 0.367. The first kappa shape index (κ1) is 30.4. The molecule has 0 amide bonds. The van der Waals surface area contributed by atoms with Gasteiger partial charge in [0.2, 0.25) is 0 Å². The van der Waals surface area contributed by atoms with Crippen LogP contribution in [0, 0.1) is 0 Å². The largest absolute Gasteiger partial charge is 0.496 e. The van der Waals surface area contributed by atoms with Crippen LogP contribution in [-0.4, -0.2) is 51.6 Å². The average molecular weight is 645 g/mol. The number of esters is 1. The van der Waals surface area contributed by atoms with E-state index in [0.29, 0.717) is 42.3 Å². The van der Waals surface area contributed by atoms with Crippen LogP contribution < -0.4 is 34.0 Å². The van der Waals surface area contributed by atoms with Crippen molar-refractivity contribution in [1.82, 2.24) is 4.57 Å². The van der Waals surface area contributed by atoms with Gasteiger partial charge in [-0.05, 0) is 63.6 Å². The molecular weight excluding hydrogens is 610 g/mol. The first-order chi connectivity index (χ1) is 19.7. The Kier molecular flexibility index (Phi) is 9.60. The maximum absolute atomic E-state index is 14.1. The van der Waals surface area contributed by atoms with E-state index < -0.39 is 12.0 Å². The van der Waals surface area contributed by atoms with Crippen LogP contribution in [0.2, 0.25) is 0 Å². The maximum atomic E-state index is 14.1. The summed E-state index contributed by atoms with van der Waals surface area (Å²) in [4.78, 5) is 34.7. The number of benzene rings is 2. The Hall–Kier alpha value is -3.57. The summed E-state index contributed by atoms with van der Waals surface area (Å²) in [5.41, 5.74) is 2.90. The molecule has 2 aromatic carbocycles. The Balaban J connectivity index is 1.97. The number of thiazole rings is 1. The summed E-state index contributed by atoms with van der Waals surface area (Å²) in [6.07, 6.45) is 1.80. The summed E-state index contributed by atoms with van der Waals surface area (Å²) in [6, 6.07) is 8.64. The molecule has 218 valence electrons. The molecule has 3 aromatic rings. The number of anilines is 1. The second-order valence-corrected chi connectivity index (χ2v) is 11.0. The molecule has 0 saturated carbocycles. The summed E-state index contributed by atoms with van der Waals surface area (Å²) in [7, 11) is 4.70. The highest BCUT2D eigenvalue weighted by Crippen LogP contribution is 2.40. The van der Waals surface area contributed by atoms with Crippen LogP contribution in [0.25, 0.3) is 6.08 Å². The first-order valence-electron chi connectivity index (χ1n) is 13.3. The van der Waals surface area contributed by atoms with E-state index in [-0.39, 0.29) is 17.7 Å². The summed E-state index contributed by atoms with van der Waals surface area (Å²) in [5, 5.41) is 0. The number of ether oxygens (including phenoxy) is 4. The molecule has 1 aromatic heterocycles. The number of hydrogen-bond donors (Lipinski definition) is 0. The molecule has 11 heteroatoms. The van der Waals surface area contributed by atoms with E-state index in [2.05, 4.69) is 39.7 Å². The molecule has 4 rings (SSSR count). The van der Waals surface area contributed by atoms with Crippen LogP contribution in [0.5, 0.6) is 17.2 Å². The normalized spacial score (nSPS) is 14.8. The van der Waals surface area contributed by atoms with Crippen LogP contribution in [-0.2, 0) is 9.53 Å². The van der Waals surface area contributed by atoms with Gasteiger partial charge in [-0.3, -0.25) is 9.36 Å².